The van der Waals surface area contributed by atoms with Crippen LogP contribution in [0.25, 0.3) is 0 Å². The maximum Gasteiger partial charge on any atom is 0.161 e. The van der Waals surface area contributed by atoms with Crippen molar-refractivity contribution in [2.45, 2.75) is 44.7 Å². The first kappa shape index (κ1) is 15.1. The average molecular weight is 279 g/mol. The van der Waals surface area contributed by atoms with Crippen molar-refractivity contribution >= 4 is 0 Å². The molecule has 1 aromatic carbocycles. The minimum Gasteiger partial charge on any atom is -0.493 e. The first-order valence-corrected chi connectivity index (χ1v) is 7.47. The van der Waals surface area contributed by atoms with E-state index in [4.69, 9.17) is 14.6 Å². The number of unbranched alkanes of at least 4 members (excludes halogenated alkanes) is 2. The Morgan fingerprint density at radius 3 is 2.75 bits per heavy atom. The summed E-state index contributed by atoms with van der Waals surface area (Å²) in [5.74, 6) is 1.59. The minimum absolute atomic E-state index is 0.256. The van der Waals surface area contributed by atoms with Crippen molar-refractivity contribution < 1.29 is 14.6 Å². The molecule has 0 saturated heterocycles. The van der Waals surface area contributed by atoms with Gasteiger partial charge >= 0.3 is 0 Å². The smallest absolute Gasteiger partial charge is 0.161 e. The van der Waals surface area contributed by atoms with Crippen molar-refractivity contribution in [2.24, 2.45) is 0 Å². The van der Waals surface area contributed by atoms with Crippen LogP contribution in [-0.4, -0.2) is 31.5 Å². The zero-order chi connectivity index (χ0) is 14.2. The third-order valence-corrected chi connectivity index (χ3v) is 3.46. The van der Waals surface area contributed by atoms with Crippen LogP contribution in [-0.2, 0) is 6.54 Å². The van der Waals surface area contributed by atoms with Crippen LogP contribution in [0.1, 0.15) is 37.7 Å². The van der Waals surface area contributed by atoms with Gasteiger partial charge in [-0.3, -0.25) is 0 Å². The molecule has 0 unspecified atom stereocenters. The molecule has 4 heteroatoms. The maximum atomic E-state index is 8.74. The number of aliphatic hydroxyl groups is 1. The summed E-state index contributed by atoms with van der Waals surface area (Å²) in [6.07, 6.45) is 5.37. The summed E-state index contributed by atoms with van der Waals surface area (Å²) in [7, 11) is 1.66. The van der Waals surface area contributed by atoms with Crippen LogP contribution in [0.5, 0.6) is 11.5 Å². The summed E-state index contributed by atoms with van der Waals surface area (Å²) >= 11 is 0. The molecule has 20 heavy (non-hydrogen) atoms. The van der Waals surface area contributed by atoms with Gasteiger partial charge in [0.15, 0.2) is 11.5 Å². The van der Waals surface area contributed by atoms with E-state index in [9.17, 15) is 0 Å². The number of methoxy groups -OCH3 is 1. The summed E-state index contributed by atoms with van der Waals surface area (Å²) < 4.78 is 11.1. The van der Waals surface area contributed by atoms with Gasteiger partial charge < -0.3 is 19.9 Å². The predicted octanol–water partition coefficient (Wildman–Crippen LogP) is 2.49. The van der Waals surface area contributed by atoms with Crippen LogP contribution in [0.15, 0.2) is 18.2 Å². The fraction of sp³-hybridized carbons (Fsp3) is 0.625. The summed E-state index contributed by atoms with van der Waals surface area (Å²) in [4.78, 5) is 0. The molecule has 0 amide bonds. The van der Waals surface area contributed by atoms with Crippen molar-refractivity contribution in [1.29, 1.82) is 0 Å². The average Bonchev–Trinajstić information content (AvgIpc) is 3.29. The molecule has 0 spiro atoms. The lowest BCUT2D eigenvalue weighted by molar-refractivity contribution is 0.260. The molecule has 112 valence electrons. The largest absolute Gasteiger partial charge is 0.493 e. The molecule has 2 N–H and O–H groups in total. The van der Waals surface area contributed by atoms with E-state index in [1.54, 1.807) is 7.11 Å². The second kappa shape index (κ2) is 8.12. The Bertz CT molecular complexity index is 405. The SMILES string of the molecule is COc1ccc(CNC2CC2)cc1OCCCCCO. The van der Waals surface area contributed by atoms with E-state index in [-0.39, 0.29) is 6.61 Å². The van der Waals surface area contributed by atoms with Crippen LogP contribution >= 0.6 is 0 Å². The number of ether oxygens (including phenoxy) is 2. The molecule has 1 aliphatic carbocycles. The van der Waals surface area contributed by atoms with Gasteiger partial charge in [0.2, 0.25) is 0 Å². The highest BCUT2D eigenvalue weighted by atomic mass is 16.5. The predicted molar refractivity (Wildman–Crippen MR) is 79.3 cm³/mol. The molecule has 0 aliphatic heterocycles. The van der Waals surface area contributed by atoms with Gasteiger partial charge in [0, 0.05) is 19.2 Å². The molecule has 4 nitrogen and oxygen atoms in total. The molecule has 0 bridgehead atoms. The Morgan fingerprint density at radius 1 is 1.20 bits per heavy atom. The lowest BCUT2D eigenvalue weighted by atomic mass is 10.2. The van der Waals surface area contributed by atoms with Gasteiger partial charge in [-0.2, -0.15) is 0 Å². The Kier molecular flexibility index (Phi) is 6.15. The lowest BCUT2D eigenvalue weighted by Gasteiger charge is -2.12. The van der Waals surface area contributed by atoms with Crippen LogP contribution in [0.4, 0.5) is 0 Å². The van der Waals surface area contributed by atoms with Crippen molar-refractivity contribution in [3.8, 4) is 11.5 Å². The van der Waals surface area contributed by atoms with E-state index >= 15 is 0 Å². The summed E-state index contributed by atoms with van der Waals surface area (Å²) in [5, 5.41) is 12.2. The van der Waals surface area contributed by atoms with Crippen LogP contribution in [0.3, 0.4) is 0 Å². The van der Waals surface area contributed by atoms with E-state index in [1.165, 1.54) is 18.4 Å². The van der Waals surface area contributed by atoms with E-state index in [1.807, 2.05) is 6.07 Å². The highest BCUT2D eigenvalue weighted by Gasteiger charge is 2.20. The zero-order valence-corrected chi connectivity index (χ0v) is 12.2. The normalized spacial score (nSPS) is 14.3. The molecule has 1 saturated carbocycles. The van der Waals surface area contributed by atoms with Crippen molar-refractivity contribution in [3.63, 3.8) is 0 Å². The molecule has 1 fully saturated rings. The van der Waals surface area contributed by atoms with Gasteiger partial charge in [-0.05, 0) is 49.8 Å². The molecule has 0 aromatic heterocycles. The van der Waals surface area contributed by atoms with E-state index in [2.05, 4.69) is 17.4 Å². The zero-order valence-electron chi connectivity index (χ0n) is 12.2. The molecular weight excluding hydrogens is 254 g/mol. The Balaban J connectivity index is 1.84. The molecule has 1 aliphatic rings. The summed E-state index contributed by atoms with van der Waals surface area (Å²) in [6.45, 7) is 1.80. The standard InChI is InChI=1S/C16H25NO3/c1-19-15-8-5-13(12-17-14-6-7-14)11-16(15)20-10-4-2-3-9-18/h5,8,11,14,17-18H,2-4,6-7,9-10,12H2,1H3. The fourth-order valence-electron chi connectivity index (χ4n) is 2.07. The van der Waals surface area contributed by atoms with E-state index in [0.717, 1.165) is 37.3 Å². The fourth-order valence-corrected chi connectivity index (χ4v) is 2.07. The van der Waals surface area contributed by atoms with Gasteiger partial charge in [-0.1, -0.05) is 6.07 Å². The monoisotopic (exact) mass is 279 g/mol. The maximum absolute atomic E-state index is 8.74. The molecule has 0 radical (unpaired) electrons. The van der Waals surface area contributed by atoms with E-state index in [0.29, 0.717) is 12.6 Å². The third-order valence-electron chi connectivity index (χ3n) is 3.46. The Hall–Kier alpha value is -1.26. The molecule has 2 rings (SSSR count). The van der Waals surface area contributed by atoms with Crippen LogP contribution in [0.2, 0.25) is 0 Å². The first-order chi connectivity index (χ1) is 9.83. The quantitative estimate of drug-likeness (QED) is 0.646. The highest BCUT2D eigenvalue weighted by molar-refractivity contribution is 5.43. The second-order valence-electron chi connectivity index (χ2n) is 5.27. The number of hydrogen-bond acceptors (Lipinski definition) is 4. The topological polar surface area (TPSA) is 50.7 Å². The Labute approximate surface area is 121 Å². The van der Waals surface area contributed by atoms with Crippen molar-refractivity contribution in [3.05, 3.63) is 23.8 Å². The first-order valence-electron chi connectivity index (χ1n) is 7.47. The number of hydrogen-bond donors (Lipinski definition) is 2. The van der Waals surface area contributed by atoms with Gasteiger partial charge in [-0.15, -0.1) is 0 Å². The lowest BCUT2D eigenvalue weighted by Crippen LogP contribution is -2.15. The summed E-state index contributed by atoms with van der Waals surface area (Å²) in [5.41, 5.74) is 1.23. The van der Waals surface area contributed by atoms with Gasteiger partial charge in [0.1, 0.15) is 0 Å². The van der Waals surface area contributed by atoms with Gasteiger partial charge in [0.05, 0.1) is 13.7 Å². The molecule has 1 aromatic rings. The van der Waals surface area contributed by atoms with E-state index < -0.39 is 0 Å². The molecular formula is C16H25NO3. The van der Waals surface area contributed by atoms with Crippen LogP contribution < -0.4 is 14.8 Å². The van der Waals surface area contributed by atoms with Crippen molar-refractivity contribution in [1.82, 2.24) is 5.32 Å². The molecule has 0 heterocycles. The van der Waals surface area contributed by atoms with Gasteiger partial charge in [-0.25, -0.2) is 0 Å². The summed E-state index contributed by atoms with van der Waals surface area (Å²) in [6, 6.07) is 6.81. The minimum atomic E-state index is 0.256. The highest BCUT2D eigenvalue weighted by Crippen LogP contribution is 2.29. The second-order valence-corrected chi connectivity index (χ2v) is 5.27. The number of benzene rings is 1. The molecule has 0 atom stereocenters. The Morgan fingerprint density at radius 2 is 2.05 bits per heavy atom. The van der Waals surface area contributed by atoms with Gasteiger partial charge in [0.25, 0.3) is 0 Å². The van der Waals surface area contributed by atoms with Crippen molar-refractivity contribution in [2.75, 3.05) is 20.3 Å². The number of rotatable bonds is 10. The number of nitrogens with one attached hydrogen (secondary N) is 1. The third kappa shape index (κ3) is 5.02. The van der Waals surface area contributed by atoms with Crippen LogP contribution in [0, 0.1) is 0 Å². The number of aliphatic hydroxyl groups excluding tert-OH is 1.